The number of aryl methyl sites for hydroxylation is 1. The van der Waals surface area contributed by atoms with Crippen LogP contribution in [0.3, 0.4) is 0 Å². The normalized spacial score (nSPS) is 21.3. The van der Waals surface area contributed by atoms with Crippen LogP contribution < -0.4 is 0 Å². The van der Waals surface area contributed by atoms with E-state index in [0.29, 0.717) is 6.42 Å². The quantitative estimate of drug-likeness (QED) is 0.854. The molecule has 4 nitrogen and oxygen atoms in total. The van der Waals surface area contributed by atoms with Gasteiger partial charge in [0.15, 0.2) is 0 Å². The van der Waals surface area contributed by atoms with E-state index in [1.165, 1.54) is 11.1 Å². The van der Waals surface area contributed by atoms with Crippen LogP contribution in [-0.4, -0.2) is 41.8 Å². The van der Waals surface area contributed by atoms with Crippen molar-refractivity contribution in [1.29, 1.82) is 0 Å². The van der Waals surface area contributed by atoms with E-state index in [-0.39, 0.29) is 24.4 Å². The molecule has 112 valence electrons. The lowest BCUT2D eigenvalue weighted by Gasteiger charge is -2.34. The third-order valence-electron chi connectivity index (χ3n) is 4.70. The van der Waals surface area contributed by atoms with Crippen LogP contribution in [0.5, 0.6) is 0 Å². The molecule has 3 rings (SSSR count). The minimum absolute atomic E-state index is 0.0481. The van der Waals surface area contributed by atoms with Gasteiger partial charge in [0.2, 0.25) is 11.8 Å². The SMILES string of the molecule is CN(C(=O)CN1CCCC1=O)C1CCCc2ccccc21. The van der Waals surface area contributed by atoms with Crippen molar-refractivity contribution in [2.24, 2.45) is 0 Å². The van der Waals surface area contributed by atoms with E-state index in [4.69, 9.17) is 0 Å². The zero-order valence-electron chi connectivity index (χ0n) is 12.5. The molecule has 1 aromatic carbocycles. The van der Waals surface area contributed by atoms with E-state index in [0.717, 1.165) is 32.2 Å². The molecule has 1 heterocycles. The molecule has 0 spiro atoms. The molecule has 2 amide bonds. The zero-order chi connectivity index (χ0) is 14.8. The Labute approximate surface area is 125 Å². The highest BCUT2D eigenvalue weighted by atomic mass is 16.2. The molecule has 0 radical (unpaired) electrons. The van der Waals surface area contributed by atoms with Gasteiger partial charge in [0, 0.05) is 20.0 Å². The summed E-state index contributed by atoms with van der Waals surface area (Å²) < 4.78 is 0. The number of amides is 2. The Kier molecular flexibility index (Phi) is 3.95. The summed E-state index contributed by atoms with van der Waals surface area (Å²) in [5.41, 5.74) is 2.62. The Morgan fingerprint density at radius 1 is 1.29 bits per heavy atom. The Morgan fingerprint density at radius 2 is 2.10 bits per heavy atom. The Hall–Kier alpha value is -1.84. The Balaban J connectivity index is 1.72. The predicted octanol–water partition coefficient (Wildman–Crippen LogP) is 2.14. The van der Waals surface area contributed by atoms with Gasteiger partial charge in [-0.1, -0.05) is 24.3 Å². The maximum absolute atomic E-state index is 12.5. The first-order valence-corrected chi connectivity index (χ1v) is 7.78. The largest absolute Gasteiger partial charge is 0.337 e. The lowest BCUT2D eigenvalue weighted by atomic mass is 9.87. The van der Waals surface area contributed by atoms with Crippen LogP contribution in [0.15, 0.2) is 24.3 Å². The number of nitrogens with zero attached hydrogens (tertiary/aromatic N) is 2. The zero-order valence-corrected chi connectivity index (χ0v) is 12.5. The fraction of sp³-hybridized carbons (Fsp3) is 0.529. The number of likely N-dealkylation sites (N-methyl/N-ethyl adjacent to an activating group) is 1. The van der Waals surface area contributed by atoms with E-state index < -0.39 is 0 Å². The average molecular weight is 286 g/mol. The summed E-state index contributed by atoms with van der Waals surface area (Å²) in [6.45, 7) is 0.952. The first-order chi connectivity index (χ1) is 10.2. The second-order valence-corrected chi connectivity index (χ2v) is 6.03. The fourth-order valence-corrected chi connectivity index (χ4v) is 3.45. The maximum atomic E-state index is 12.5. The molecule has 1 atom stereocenters. The molecule has 1 aromatic rings. The van der Waals surface area contributed by atoms with Gasteiger partial charge in [-0.15, -0.1) is 0 Å². The summed E-state index contributed by atoms with van der Waals surface area (Å²) in [6.07, 6.45) is 4.68. The van der Waals surface area contributed by atoms with Gasteiger partial charge in [-0.25, -0.2) is 0 Å². The van der Waals surface area contributed by atoms with Gasteiger partial charge in [0.05, 0.1) is 12.6 Å². The number of likely N-dealkylation sites (tertiary alicyclic amines) is 1. The number of hydrogen-bond acceptors (Lipinski definition) is 2. The van der Waals surface area contributed by atoms with Gasteiger partial charge < -0.3 is 9.80 Å². The van der Waals surface area contributed by atoms with E-state index in [9.17, 15) is 9.59 Å². The van der Waals surface area contributed by atoms with Crippen LogP contribution in [0, 0.1) is 0 Å². The number of benzene rings is 1. The molecule has 2 aliphatic rings. The summed E-state index contributed by atoms with van der Waals surface area (Å²) in [5.74, 6) is 0.160. The monoisotopic (exact) mass is 286 g/mol. The smallest absolute Gasteiger partial charge is 0.242 e. The number of rotatable bonds is 3. The maximum Gasteiger partial charge on any atom is 0.242 e. The second kappa shape index (κ2) is 5.88. The van der Waals surface area contributed by atoms with Gasteiger partial charge in [-0.05, 0) is 36.8 Å². The molecule has 0 N–H and O–H groups in total. The van der Waals surface area contributed by atoms with Crippen molar-refractivity contribution < 1.29 is 9.59 Å². The third kappa shape index (κ3) is 2.80. The molecular weight excluding hydrogens is 264 g/mol. The van der Waals surface area contributed by atoms with Crippen molar-refractivity contribution in [2.45, 2.75) is 38.1 Å². The van der Waals surface area contributed by atoms with E-state index >= 15 is 0 Å². The Bertz CT molecular complexity index is 555. The lowest BCUT2D eigenvalue weighted by Crippen LogP contribution is -2.41. The van der Waals surface area contributed by atoms with E-state index in [1.807, 2.05) is 18.0 Å². The predicted molar refractivity (Wildman–Crippen MR) is 80.7 cm³/mol. The van der Waals surface area contributed by atoms with Crippen LogP contribution in [-0.2, 0) is 16.0 Å². The highest BCUT2D eigenvalue weighted by molar-refractivity contribution is 5.86. The molecule has 0 saturated carbocycles. The molecule has 1 aliphatic heterocycles. The van der Waals surface area contributed by atoms with E-state index in [1.54, 1.807) is 4.90 Å². The molecule has 1 saturated heterocycles. The standard InChI is InChI=1S/C17H22N2O2/c1-18(17(21)12-19-11-5-10-16(19)20)15-9-4-7-13-6-2-3-8-14(13)15/h2-3,6,8,15H,4-5,7,9-12H2,1H3. The van der Waals surface area contributed by atoms with Crippen molar-refractivity contribution in [1.82, 2.24) is 9.80 Å². The van der Waals surface area contributed by atoms with Crippen molar-refractivity contribution >= 4 is 11.8 Å². The third-order valence-corrected chi connectivity index (χ3v) is 4.70. The molecular formula is C17H22N2O2. The summed E-state index contributed by atoms with van der Waals surface area (Å²) in [5, 5.41) is 0. The van der Waals surface area contributed by atoms with Crippen LogP contribution in [0.2, 0.25) is 0 Å². The minimum atomic E-state index is 0.0481. The summed E-state index contributed by atoms with van der Waals surface area (Å²) >= 11 is 0. The van der Waals surface area contributed by atoms with Crippen molar-refractivity contribution in [3.05, 3.63) is 35.4 Å². The number of carbonyl (C=O) groups excluding carboxylic acids is 2. The summed E-state index contributed by atoms with van der Waals surface area (Å²) in [6, 6.07) is 8.54. The highest BCUT2D eigenvalue weighted by Crippen LogP contribution is 2.33. The average Bonchev–Trinajstić information content (AvgIpc) is 2.91. The Morgan fingerprint density at radius 3 is 2.86 bits per heavy atom. The first-order valence-electron chi connectivity index (χ1n) is 7.78. The number of fused-ring (bicyclic) bond motifs is 1. The molecule has 4 heteroatoms. The van der Waals surface area contributed by atoms with Crippen LogP contribution in [0.1, 0.15) is 42.9 Å². The lowest BCUT2D eigenvalue weighted by molar-refractivity contribution is -0.139. The molecule has 1 unspecified atom stereocenters. The van der Waals surface area contributed by atoms with Crippen LogP contribution in [0.25, 0.3) is 0 Å². The van der Waals surface area contributed by atoms with Crippen molar-refractivity contribution in [3.63, 3.8) is 0 Å². The topological polar surface area (TPSA) is 40.6 Å². The fourth-order valence-electron chi connectivity index (χ4n) is 3.45. The van der Waals surface area contributed by atoms with Gasteiger partial charge in [0.1, 0.15) is 0 Å². The number of hydrogen-bond donors (Lipinski definition) is 0. The van der Waals surface area contributed by atoms with E-state index in [2.05, 4.69) is 18.2 Å². The molecule has 1 aliphatic carbocycles. The van der Waals surface area contributed by atoms with Gasteiger partial charge >= 0.3 is 0 Å². The molecule has 21 heavy (non-hydrogen) atoms. The van der Waals surface area contributed by atoms with Gasteiger partial charge in [-0.3, -0.25) is 9.59 Å². The van der Waals surface area contributed by atoms with Crippen molar-refractivity contribution in [3.8, 4) is 0 Å². The van der Waals surface area contributed by atoms with Gasteiger partial charge in [0.25, 0.3) is 0 Å². The second-order valence-electron chi connectivity index (χ2n) is 6.03. The summed E-state index contributed by atoms with van der Waals surface area (Å²) in [7, 11) is 1.87. The molecule has 1 fully saturated rings. The molecule has 0 aromatic heterocycles. The minimum Gasteiger partial charge on any atom is -0.337 e. The number of carbonyl (C=O) groups is 2. The van der Waals surface area contributed by atoms with Crippen LogP contribution in [0.4, 0.5) is 0 Å². The van der Waals surface area contributed by atoms with Gasteiger partial charge in [-0.2, -0.15) is 0 Å². The van der Waals surface area contributed by atoms with Crippen molar-refractivity contribution in [2.75, 3.05) is 20.1 Å². The highest BCUT2D eigenvalue weighted by Gasteiger charge is 2.29. The first kappa shape index (κ1) is 14.1. The molecule has 0 bridgehead atoms. The van der Waals surface area contributed by atoms with Crippen LogP contribution >= 0.6 is 0 Å². The summed E-state index contributed by atoms with van der Waals surface area (Å²) in [4.78, 5) is 27.7.